The Balaban J connectivity index is 1.85. The predicted octanol–water partition coefficient (Wildman–Crippen LogP) is 2.68. The van der Waals surface area contributed by atoms with Gasteiger partial charge in [0.1, 0.15) is 0 Å². The van der Waals surface area contributed by atoms with E-state index in [9.17, 15) is 4.79 Å². The minimum atomic E-state index is -0.228. The van der Waals surface area contributed by atoms with Gasteiger partial charge in [-0.3, -0.25) is 4.98 Å². The lowest BCUT2D eigenvalue weighted by atomic mass is 10.1. The van der Waals surface area contributed by atoms with Gasteiger partial charge in [0.2, 0.25) is 0 Å². The summed E-state index contributed by atoms with van der Waals surface area (Å²) in [6, 6.07) is 11.6. The van der Waals surface area contributed by atoms with E-state index in [0.717, 1.165) is 11.3 Å². The van der Waals surface area contributed by atoms with Crippen LogP contribution in [0.1, 0.15) is 24.1 Å². The van der Waals surface area contributed by atoms with Crippen LogP contribution in [0.5, 0.6) is 0 Å². The second kappa shape index (κ2) is 7.40. The smallest absolute Gasteiger partial charge is 0.319 e. The highest BCUT2D eigenvalue weighted by Gasteiger charge is 2.04. The van der Waals surface area contributed by atoms with E-state index in [-0.39, 0.29) is 6.03 Å². The fourth-order valence-electron chi connectivity index (χ4n) is 1.88. The van der Waals surface area contributed by atoms with Gasteiger partial charge in [-0.15, -0.1) is 0 Å². The van der Waals surface area contributed by atoms with Crippen molar-refractivity contribution >= 4 is 11.7 Å². The number of anilines is 1. The number of pyridine rings is 1. The summed E-state index contributed by atoms with van der Waals surface area (Å²) in [4.78, 5) is 15.8. The molecule has 0 fully saturated rings. The van der Waals surface area contributed by atoms with Gasteiger partial charge >= 0.3 is 6.03 Å². The van der Waals surface area contributed by atoms with Crippen LogP contribution < -0.4 is 16.0 Å². The number of hydrogen-bond donors (Lipinski definition) is 3. The molecule has 0 saturated carbocycles. The highest BCUT2D eigenvalue weighted by Crippen LogP contribution is 2.15. The third kappa shape index (κ3) is 4.57. The van der Waals surface area contributed by atoms with Crippen LogP contribution in [0.3, 0.4) is 0 Å². The van der Waals surface area contributed by atoms with E-state index >= 15 is 0 Å². The fourth-order valence-corrected chi connectivity index (χ4v) is 1.88. The summed E-state index contributed by atoms with van der Waals surface area (Å²) >= 11 is 0. The first-order valence-electron chi connectivity index (χ1n) is 6.90. The van der Waals surface area contributed by atoms with Gasteiger partial charge in [0.15, 0.2) is 0 Å². The summed E-state index contributed by atoms with van der Waals surface area (Å²) in [6.07, 6.45) is 3.44. The molecule has 2 rings (SSSR count). The zero-order chi connectivity index (χ0) is 15.1. The lowest BCUT2D eigenvalue weighted by Gasteiger charge is -2.12. The van der Waals surface area contributed by atoms with Crippen LogP contribution in [0.25, 0.3) is 0 Å². The van der Waals surface area contributed by atoms with E-state index in [1.165, 1.54) is 5.56 Å². The molecule has 1 unspecified atom stereocenters. The molecule has 110 valence electrons. The predicted molar refractivity (Wildman–Crippen MR) is 84.0 cm³/mol. The lowest BCUT2D eigenvalue weighted by molar-refractivity contribution is 0.251. The van der Waals surface area contributed by atoms with Crippen molar-refractivity contribution in [2.45, 2.75) is 19.5 Å². The number of nitrogens with zero attached hydrogens (tertiary/aromatic N) is 1. The first-order chi connectivity index (χ1) is 10.2. The molecule has 1 heterocycles. The van der Waals surface area contributed by atoms with Crippen LogP contribution in [0.15, 0.2) is 48.8 Å². The van der Waals surface area contributed by atoms with E-state index in [4.69, 9.17) is 0 Å². The number of nitrogens with one attached hydrogen (secondary N) is 3. The van der Waals surface area contributed by atoms with Crippen LogP contribution in [-0.4, -0.2) is 18.1 Å². The first kappa shape index (κ1) is 15.0. The van der Waals surface area contributed by atoms with Crippen LogP contribution in [-0.2, 0) is 6.54 Å². The number of amides is 2. The van der Waals surface area contributed by atoms with E-state index in [1.807, 2.05) is 43.4 Å². The Hall–Kier alpha value is -2.40. The number of hydrogen-bond acceptors (Lipinski definition) is 3. The van der Waals surface area contributed by atoms with Crippen LogP contribution in [0.2, 0.25) is 0 Å². The van der Waals surface area contributed by atoms with Gasteiger partial charge in [0.25, 0.3) is 0 Å². The van der Waals surface area contributed by atoms with Crippen molar-refractivity contribution in [2.75, 3.05) is 12.4 Å². The molecular weight excluding hydrogens is 264 g/mol. The normalized spacial score (nSPS) is 11.7. The molecule has 2 amide bonds. The monoisotopic (exact) mass is 284 g/mol. The maximum atomic E-state index is 11.8. The SMILES string of the molecule is CNC(C)c1ccc(NC(=O)NCc2cccnc2)cc1. The second-order valence-corrected chi connectivity index (χ2v) is 4.80. The van der Waals surface area contributed by atoms with Gasteiger partial charge in [-0.1, -0.05) is 18.2 Å². The molecule has 1 atom stereocenters. The molecular formula is C16H20N4O. The van der Waals surface area contributed by atoms with Gasteiger partial charge in [0.05, 0.1) is 0 Å². The standard InChI is InChI=1S/C16H20N4O/c1-12(17-2)14-5-7-15(8-6-14)20-16(21)19-11-13-4-3-9-18-10-13/h3-10,12,17H,11H2,1-2H3,(H2,19,20,21). The zero-order valence-electron chi connectivity index (χ0n) is 12.3. The average molecular weight is 284 g/mol. The largest absolute Gasteiger partial charge is 0.334 e. The number of carbonyl (C=O) groups is 1. The van der Waals surface area contributed by atoms with E-state index in [2.05, 4.69) is 27.9 Å². The summed E-state index contributed by atoms with van der Waals surface area (Å²) in [7, 11) is 1.92. The maximum Gasteiger partial charge on any atom is 0.319 e. The summed E-state index contributed by atoms with van der Waals surface area (Å²) in [5, 5.41) is 8.77. The van der Waals surface area contributed by atoms with Crippen molar-refractivity contribution in [3.8, 4) is 0 Å². The van der Waals surface area contributed by atoms with Crippen molar-refractivity contribution in [3.05, 3.63) is 59.9 Å². The number of urea groups is 1. The Morgan fingerprint density at radius 1 is 1.24 bits per heavy atom. The molecule has 1 aromatic heterocycles. The Kier molecular flexibility index (Phi) is 5.29. The van der Waals surface area contributed by atoms with E-state index in [1.54, 1.807) is 12.4 Å². The minimum absolute atomic E-state index is 0.228. The Morgan fingerprint density at radius 2 is 2.00 bits per heavy atom. The molecule has 0 radical (unpaired) electrons. The van der Waals surface area contributed by atoms with Gasteiger partial charge < -0.3 is 16.0 Å². The number of rotatable bonds is 5. The molecule has 0 aliphatic rings. The summed E-state index contributed by atoms with van der Waals surface area (Å²) in [6.45, 7) is 2.54. The van der Waals surface area contributed by atoms with Crippen molar-refractivity contribution < 1.29 is 4.79 Å². The summed E-state index contributed by atoms with van der Waals surface area (Å²) < 4.78 is 0. The van der Waals surface area contributed by atoms with Crippen LogP contribution in [0, 0.1) is 0 Å². The third-order valence-electron chi connectivity index (χ3n) is 3.28. The molecule has 0 saturated heterocycles. The maximum absolute atomic E-state index is 11.8. The summed E-state index contributed by atoms with van der Waals surface area (Å²) in [5.74, 6) is 0. The van der Waals surface area contributed by atoms with Gasteiger partial charge in [-0.25, -0.2) is 4.79 Å². The molecule has 5 heteroatoms. The van der Waals surface area contributed by atoms with Crippen molar-refractivity contribution in [1.29, 1.82) is 0 Å². The fraction of sp³-hybridized carbons (Fsp3) is 0.250. The average Bonchev–Trinajstić information content (AvgIpc) is 2.54. The van der Waals surface area contributed by atoms with Crippen LogP contribution >= 0.6 is 0 Å². The Morgan fingerprint density at radius 3 is 2.62 bits per heavy atom. The topological polar surface area (TPSA) is 66.0 Å². The van der Waals surface area contributed by atoms with Crippen molar-refractivity contribution in [2.24, 2.45) is 0 Å². The van der Waals surface area contributed by atoms with Gasteiger partial charge in [-0.2, -0.15) is 0 Å². The molecule has 1 aromatic carbocycles. The molecule has 5 nitrogen and oxygen atoms in total. The molecule has 0 bridgehead atoms. The van der Waals surface area contributed by atoms with Crippen molar-refractivity contribution in [3.63, 3.8) is 0 Å². The highest BCUT2D eigenvalue weighted by atomic mass is 16.2. The highest BCUT2D eigenvalue weighted by molar-refractivity contribution is 5.89. The molecule has 0 spiro atoms. The minimum Gasteiger partial charge on any atom is -0.334 e. The number of carbonyl (C=O) groups excluding carboxylic acids is 1. The molecule has 3 N–H and O–H groups in total. The quantitative estimate of drug-likeness (QED) is 0.791. The van der Waals surface area contributed by atoms with E-state index < -0.39 is 0 Å². The molecule has 0 aliphatic heterocycles. The third-order valence-corrected chi connectivity index (χ3v) is 3.28. The van der Waals surface area contributed by atoms with Crippen molar-refractivity contribution in [1.82, 2.24) is 15.6 Å². The van der Waals surface area contributed by atoms with Crippen LogP contribution in [0.4, 0.5) is 10.5 Å². The second-order valence-electron chi connectivity index (χ2n) is 4.80. The van der Waals surface area contributed by atoms with Gasteiger partial charge in [0, 0.05) is 30.7 Å². The van der Waals surface area contributed by atoms with E-state index in [0.29, 0.717) is 12.6 Å². The first-order valence-corrected chi connectivity index (χ1v) is 6.90. The molecule has 2 aromatic rings. The molecule has 21 heavy (non-hydrogen) atoms. The zero-order valence-corrected chi connectivity index (χ0v) is 12.3. The Labute approximate surface area is 124 Å². The number of benzene rings is 1. The number of aromatic nitrogens is 1. The lowest BCUT2D eigenvalue weighted by Crippen LogP contribution is -2.28. The van der Waals surface area contributed by atoms with Gasteiger partial charge in [-0.05, 0) is 43.3 Å². The summed E-state index contributed by atoms with van der Waals surface area (Å²) in [5.41, 5.74) is 2.91. The Bertz CT molecular complexity index is 569. The molecule has 0 aliphatic carbocycles.